The summed E-state index contributed by atoms with van der Waals surface area (Å²) in [4.78, 5) is 27.1. The molecule has 0 aliphatic rings. The molecule has 0 aliphatic heterocycles. The van der Waals surface area contributed by atoms with Crippen molar-refractivity contribution in [3.63, 3.8) is 0 Å². The van der Waals surface area contributed by atoms with Crippen LogP contribution in [0.5, 0.6) is 5.75 Å². The Morgan fingerprint density at radius 2 is 1.61 bits per heavy atom. The topological polar surface area (TPSA) is 58.6 Å². The fourth-order valence-electron chi connectivity index (χ4n) is 2.88. The number of hydrogen-bond donors (Lipinski definition) is 1. The molecule has 3 rings (SSSR count). The molecule has 0 fully saturated rings. The zero-order chi connectivity index (χ0) is 19.9. The van der Waals surface area contributed by atoms with Gasteiger partial charge in [0.15, 0.2) is 0 Å². The molecule has 0 atom stereocenters. The highest BCUT2D eigenvalue weighted by molar-refractivity contribution is 6.08. The number of rotatable bonds is 6. The molecule has 0 unspecified atom stereocenters. The number of benzene rings is 3. The van der Waals surface area contributed by atoms with E-state index in [1.807, 2.05) is 37.3 Å². The molecule has 0 radical (unpaired) electrons. The van der Waals surface area contributed by atoms with Crippen LogP contribution >= 0.6 is 0 Å². The van der Waals surface area contributed by atoms with E-state index in [1.54, 1.807) is 60.5 Å². The number of carbonyl (C=O) groups excluding carboxylic acids is 2. The summed E-state index contributed by atoms with van der Waals surface area (Å²) in [5, 5.41) is 2.84. The molecule has 5 heteroatoms. The summed E-state index contributed by atoms with van der Waals surface area (Å²) in [5.74, 6) is 0.321. The number of para-hydroxylation sites is 1. The van der Waals surface area contributed by atoms with E-state index in [2.05, 4.69) is 5.32 Å². The zero-order valence-electron chi connectivity index (χ0n) is 15.9. The predicted molar refractivity (Wildman–Crippen MR) is 111 cm³/mol. The number of anilines is 2. The van der Waals surface area contributed by atoms with E-state index < -0.39 is 0 Å². The van der Waals surface area contributed by atoms with E-state index in [0.29, 0.717) is 29.1 Å². The summed E-state index contributed by atoms with van der Waals surface area (Å²) in [6, 6.07) is 23.3. The standard InChI is InChI=1S/C23H22N2O3/c1-3-25(20-10-5-4-6-11-20)23(27)18-8-7-9-19(16-18)24-22(26)17-12-14-21(28-2)15-13-17/h4-16H,3H2,1-2H3,(H,24,26). The fourth-order valence-corrected chi connectivity index (χ4v) is 2.88. The van der Waals surface area contributed by atoms with Crippen LogP contribution in [0.15, 0.2) is 78.9 Å². The summed E-state index contributed by atoms with van der Waals surface area (Å²) in [7, 11) is 1.58. The van der Waals surface area contributed by atoms with Crippen LogP contribution in [0.1, 0.15) is 27.6 Å². The minimum absolute atomic E-state index is 0.116. The van der Waals surface area contributed by atoms with Crippen LogP contribution in [0.4, 0.5) is 11.4 Å². The number of amides is 2. The van der Waals surface area contributed by atoms with Gasteiger partial charge in [0.25, 0.3) is 11.8 Å². The summed E-state index contributed by atoms with van der Waals surface area (Å²) in [6.45, 7) is 2.48. The van der Waals surface area contributed by atoms with E-state index >= 15 is 0 Å². The molecule has 142 valence electrons. The fraction of sp³-hybridized carbons (Fsp3) is 0.130. The van der Waals surface area contributed by atoms with Crippen molar-refractivity contribution in [2.75, 3.05) is 23.9 Å². The van der Waals surface area contributed by atoms with Gasteiger partial charge in [0.2, 0.25) is 0 Å². The van der Waals surface area contributed by atoms with Gasteiger partial charge in [0.1, 0.15) is 5.75 Å². The SMILES string of the molecule is CCN(C(=O)c1cccc(NC(=O)c2ccc(OC)cc2)c1)c1ccccc1. The summed E-state index contributed by atoms with van der Waals surface area (Å²) in [5.41, 5.74) is 2.42. The molecule has 0 saturated carbocycles. The van der Waals surface area contributed by atoms with Crippen molar-refractivity contribution in [2.45, 2.75) is 6.92 Å². The van der Waals surface area contributed by atoms with Crippen molar-refractivity contribution >= 4 is 23.2 Å². The molecule has 28 heavy (non-hydrogen) atoms. The van der Waals surface area contributed by atoms with Gasteiger partial charge in [0, 0.05) is 29.0 Å². The Bertz CT molecular complexity index is 953. The Kier molecular flexibility index (Phi) is 6.07. The highest BCUT2D eigenvalue weighted by atomic mass is 16.5. The molecule has 0 aromatic heterocycles. The van der Waals surface area contributed by atoms with E-state index in [1.165, 1.54) is 0 Å². The van der Waals surface area contributed by atoms with Gasteiger partial charge >= 0.3 is 0 Å². The molecular formula is C23H22N2O3. The number of methoxy groups -OCH3 is 1. The average Bonchev–Trinajstić information content (AvgIpc) is 2.75. The number of carbonyl (C=O) groups is 2. The first kappa shape index (κ1) is 19.2. The Balaban J connectivity index is 1.77. The third-order valence-electron chi connectivity index (χ3n) is 4.35. The minimum Gasteiger partial charge on any atom is -0.497 e. The quantitative estimate of drug-likeness (QED) is 0.685. The number of nitrogens with zero attached hydrogens (tertiary/aromatic N) is 1. The third-order valence-corrected chi connectivity index (χ3v) is 4.35. The molecule has 5 nitrogen and oxygen atoms in total. The predicted octanol–water partition coefficient (Wildman–Crippen LogP) is 4.61. The molecule has 0 heterocycles. The van der Waals surface area contributed by atoms with E-state index in [-0.39, 0.29) is 11.8 Å². The Morgan fingerprint density at radius 1 is 0.893 bits per heavy atom. The van der Waals surface area contributed by atoms with Gasteiger partial charge in [0.05, 0.1) is 7.11 Å². The van der Waals surface area contributed by atoms with Crippen LogP contribution in [0.3, 0.4) is 0 Å². The Labute approximate surface area is 164 Å². The van der Waals surface area contributed by atoms with Crippen LogP contribution in [-0.4, -0.2) is 25.5 Å². The number of hydrogen-bond acceptors (Lipinski definition) is 3. The maximum atomic E-state index is 13.0. The van der Waals surface area contributed by atoms with Crippen molar-refractivity contribution < 1.29 is 14.3 Å². The summed E-state index contributed by atoms with van der Waals surface area (Å²) in [6.07, 6.45) is 0. The highest BCUT2D eigenvalue weighted by Gasteiger charge is 2.16. The van der Waals surface area contributed by atoms with Crippen molar-refractivity contribution in [1.82, 2.24) is 0 Å². The maximum absolute atomic E-state index is 13.0. The van der Waals surface area contributed by atoms with Crippen molar-refractivity contribution in [3.05, 3.63) is 90.0 Å². The molecule has 3 aromatic rings. The number of nitrogens with one attached hydrogen (secondary N) is 1. The van der Waals surface area contributed by atoms with E-state index in [4.69, 9.17) is 4.74 Å². The van der Waals surface area contributed by atoms with Gasteiger partial charge in [-0.3, -0.25) is 9.59 Å². The van der Waals surface area contributed by atoms with Crippen LogP contribution < -0.4 is 15.0 Å². The second-order valence-corrected chi connectivity index (χ2v) is 6.15. The van der Waals surface area contributed by atoms with Gasteiger partial charge in [-0.05, 0) is 61.5 Å². The third kappa shape index (κ3) is 4.38. The summed E-state index contributed by atoms with van der Waals surface area (Å²) >= 11 is 0. The molecule has 0 bridgehead atoms. The van der Waals surface area contributed by atoms with Crippen molar-refractivity contribution in [3.8, 4) is 5.75 Å². The van der Waals surface area contributed by atoms with Crippen molar-refractivity contribution in [2.24, 2.45) is 0 Å². The smallest absolute Gasteiger partial charge is 0.258 e. The van der Waals surface area contributed by atoms with Gasteiger partial charge in [-0.2, -0.15) is 0 Å². The monoisotopic (exact) mass is 374 g/mol. The van der Waals surface area contributed by atoms with Crippen molar-refractivity contribution in [1.29, 1.82) is 0 Å². The first-order chi connectivity index (χ1) is 13.6. The van der Waals surface area contributed by atoms with Gasteiger partial charge in [-0.1, -0.05) is 24.3 Å². The minimum atomic E-state index is -0.248. The summed E-state index contributed by atoms with van der Waals surface area (Å²) < 4.78 is 5.10. The van der Waals surface area contributed by atoms with Crippen LogP contribution in [0, 0.1) is 0 Å². The first-order valence-electron chi connectivity index (χ1n) is 9.04. The van der Waals surface area contributed by atoms with Crippen LogP contribution in [-0.2, 0) is 0 Å². The average molecular weight is 374 g/mol. The lowest BCUT2D eigenvalue weighted by molar-refractivity contribution is 0.0985. The zero-order valence-corrected chi connectivity index (χ0v) is 15.9. The lowest BCUT2D eigenvalue weighted by Gasteiger charge is -2.21. The normalized spacial score (nSPS) is 10.2. The van der Waals surface area contributed by atoms with E-state index in [0.717, 1.165) is 5.69 Å². The van der Waals surface area contributed by atoms with Crippen LogP contribution in [0.25, 0.3) is 0 Å². The Hall–Kier alpha value is -3.60. The molecular weight excluding hydrogens is 352 g/mol. The van der Waals surface area contributed by atoms with Gasteiger partial charge in [-0.25, -0.2) is 0 Å². The molecule has 2 amide bonds. The molecule has 0 aliphatic carbocycles. The molecule has 0 saturated heterocycles. The molecule has 0 spiro atoms. The maximum Gasteiger partial charge on any atom is 0.258 e. The first-order valence-corrected chi connectivity index (χ1v) is 9.04. The Morgan fingerprint density at radius 3 is 2.25 bits per heavy atom. The van der Waals surface area contributed by atoms with Crippen LogP contribution in [0.2, 0.25) is 0 Å². The largest absolute Gasteiger partial charge is 0.497 e. The second kappa shape index (κ2) is 8.86. The van der Waals surface area contributed by atoms with Gasteiger partial charge < -0.3 is 15.0 Å². The van der Waals surface area contributed by atoms with Gasteiger partial charge in [-0.15, -0.1) is 0 Å². The molecule has 1 N–H and O–H groups in total. The molecule has 3 aromatic carbocycles. The second-order valence-electron chi connectivity index (χ2n) is 6.15. The lowest BCUT2D eigenvalue weighted by Crippen LogP contribution is -2.30. The highest BCUT2D eigenvalue weighted by Crippen LogP contribution is 2.19. The number of ether oxygens (including phenoxy) is 1. The lowest BCUT2D eigenvalue weighted by atomic mass is 10.1. The van der Waals surface area contributed by atoms with E-state index in [9.17, 15) is 9.59 Å².